The summed E-state index contributed by atoms with van der Waals surface area (Å²) >= 11 is 4.75. The highest BCUT2D eigenvalue weighted by Gasteiger charge is 2.27. The number of hydrogen-bond acceptors (Lipinski definition) is 4. The molecule has 4 rings (SSSR count). The van der Waals surface area contributed by atoms with E-state index in [2.05, 4.69) is 24.9 Å². The van der Waals surface area contributed by atoms with Crippen LogP contribution in [0, 0.1) is 0 Å². The number of amides is 1. The summed E-state index contributed by atoms with van der Waals surface area (Å²) < 4.78 is 29.7. The molecule has 1 amide bonds. The average Bonchev–Trinajstić information content (AvgIpc) is 3.42. The van der Waals surface area contributed by atoms with E-state index in [1.807, 2.05) is 18.3 Å². The molecule has 3 aromatic rings. The molecule has 0 saturated carbocycles. The fourth-order valence-corrected chi connectivity index (χ4v) is 3.49. The molecule has 156 valence electrons. The molecule has 0 unspecified atom stereocenters. The first-order chi connectivity index (χ1) is 14.4. The van der Waals surface area contributed by atoms with Gasteiger partial charge >= 0.3 is 5.57 Å². The van der Waals surface area contributed by atoms with Gasteiger partial charge in [0.15, 0.2) is 0 Å². The van der Waals surface area contributed by atoms with Gasteiger partial charge in [0.05, 0.1) is 5.56 Å². The Morgan fingerprint density at radius 1 is 1.20 bits per heavy atom. The van der Waals surface area contributed by atoms with E-state index < -0.39 is 5.57 Å². The minimum absolute atomic E-state index is 0.112. The van der Waals surface area contributed by atoms with Gasteiger partial charge in [0.1, 0.15) is 11.6 Å². The lowest BCUT2D eigenvalue weighted by molar-refractivity contribution is -0.0964. The van der Waals surface area contributed by atoms with Crippen molar-refractivity contribution >= 4 is 29.0 Å². The van der Waals surface area contributed by atoms with Crippen molar-refractivity contribution in [3.05, 3.63) is 60.4 Å². The molecule has 0 aliphatic carbocycles. The third-order valence-corrected chi connectivity index (χ3v) is 4.85. The fourth-order valence-electron chi connectivity index (χ4n) is 3.40. The van der Waals surface area contributed by atoms with Crippen LogP contribution in [0.3, 0.4) is 0 Å². The third kappa shape index (κ3) is 4.71. The van der Waals surface area contributed by atoms with Crippen LogP contribution in [0.15, 0.2) is 54.9 Å². The number of alkyl halides is 3. The van der Waals surface area contributed by atoms with Crippen LogP contribution in [0.25, 0.3) is 11.3 Å². The van der Waals surface area contributed by atoms with Crippen LogP contribution in [-0.4, -0.2) is 34.5 Å². The first kappa shape index (κ1) is 20.2. The molecule has 1 saturated heterocycles. The molecule has 0 spiro atoms. The molecule has 1 aliphatic heterocycles. The summed E-state index contributed by atoms with van der Waals surface area (Å²) in [5, 5.41) is 2.73. The molecular weight excluding hydrogens is 414 g/mol. The second-order valence-electron chi connectivity index (χ2n) is 6.90. The largest absolute Gasteiger partial charge is 0.487 e. The Morgan fingerprint density at radius 2 is 1.93 bits per heavy atom. The second kappa shape index (κ2) is 8.31. The Hall–Kier alpha value is -3.13. The lowest BCUT2D eigenvalue weighted by Gasteiger charge is -2.20. The number of benzene rings is 1. The van der Waals surface area contributed by atoms with Gasteiger partial charge in [0.2, 0.25) is 0 Å². The van der Waals surface area contributed by atoms with E-state index in [0.29, 0.717) is 11.3 Å². The Labute approximate surface area is 176 Å². The van der Waals surface area contributed by atoms with Crippen molar-refractivity contribution in [1.29, 1.82) is 0 Å². The van der Waals surface area contributed by atoms with Crippen LogP contribution in [0.2, 0.25) is 0 Å². The van der Waals surface area contributed by atoms with Crippen LogP contribution in [0.1, 0.15) is 23.2 Å². The molecule has 0 atom stereocenters. The number of pyridine rings is 1. The zero-order chi connectivity index (χ0) is 21.1. The fraction of sp³-hybridized carbons (Fsp3) is 0.238. The number of rotatable bonds is 6. The number of hydrogen-bond donors (Lipinski definition) is 2. The highest BCUT2D eigenvalue weighted by molar-refractivity contribution is 6.20. The second-order valence-corrected chi connectivity index (χ2v) is 7.34. The van der Waals surface area contributed by atoms with Gasteiger partial charge in [-0.3, -0.25) is 4.79 Å². The van der Waals surface area contributed by atoms with Crippen molar-refractivity contribution < 1.29 is 18.3 Å². The number of nitrogens with one attached hydrogen (secondary N) is 2. The number of halogens is 3. The van der Waals surface area contributed by atoms with Gasteiger partial charge in [-0.15, -0.1) is 8.78 Å². The summed E-state index contributed by atoms with van der Waals surface area (Å²) in [5.41, 5.74) is -1.25. The number of H-pyrrole nitrogens is 1. The van der Waals surface area contributed by atoms with Crippen molar-refractivity contribution in [2.75, 3.05) is 23.3 Å². The molecule has 2 aromatic heterocycles. The van der Waals surface area contributed by atoms with Gasteiger partial charge in [0, 0.05) is 54.0 Å². The molecule has 0 bridgehead atoms. The van der Waals surface area contributed by atoms with E-state index in [-0.39, 0.29) is 11.7 Å². The highest BCUT2D eigenvalue weighted by atomic mass is 35.5. The van der Waals surface area contributed by atoms with E-state index in [4.69, 9.17) is 11.6 Å². The Bertz CT molecular complexity index is 1010. The summed E-state index contributed by atoms with van der Waals surface area (Å²) in [4.78, 5) is 22.7. The summed E-state index contributed by atoms with van der Waals surface area (Å²) in [6.45, 7) is 1.87. The van der Waals surface area contributed by atoms with Gasteiger partial charge in [-0.1, -0.05) is 0 Å². The summed E-state index contributed by atoms with van der Waals surface area (Å²) in [6.07, 6.45) is 5.59. The van der Waals surface area contributed by atoms with Gasteiger partial charge in [0.25, 0.3) is 5.91 Å². The summed E-state index contributed by atoms with van der Waals surface area (Å²) in [6, 6.07) is 11.1. The molecule has 0 radical (unpaired) electrons. The number of nitrogens with zero attached hydrogens (tertiary/aromatic N) is 2. The van der Waals surface area contributed by atoms with Crippen molar-refractivity contribution in [1.82, 2.24) is 9.97 Å². The lowest BCUT2D eigenvalue weighted by Crippen LogP contribution is -2.21. The first-order valence-corrected chi connectivity index (χ1v) is 9.83. The molecule has 9 heteroatoms. The van der Waals surface area contributed by atoms with Crippen LogP contribution in [0.4, 0.5) is 20.3 Å². The highest BCUT2D eigenvalue weighted by Crippen LogP contribution is 2.31. The molecule has 1 fully saturated rings. The number of carbonyl (C=O) groups is 1. The maximum atomic E-state index is 12.7. The quantitative estimate of drug-likeness (QED) is 0.532. The number of aromatic nitrogens is 2. The normalized spacial score (nSPS) is 14.0. The number of aromatic amines is 1. The molecule has 6 nitrogen and oxygen atoms in total. The van der Waals surface area contributed by atoms with E-state index in [0.717, 1.165) is 43.0 Å². The Balaban J connectivity index is 1.55. The maximum absolute atomic E-state index is 12.7. The molecule has 2 N–H and O–H groups in total. The van der Waals surface area contributed by atoms with E-state index in [9.17, 15) is 13.6 Å². The van der Waals surface area contributed by atoms with Gasteiger partial charge in [-0.2, -0.15) is 0 Å². The third-order valence-electron chi connectivity index (χ3n) is 4.77. The molecule has 30 heavy (non-hydrogen) atoms. The molecular formula is C21H19ClF2N4O2. The molecule has 1 aromatic carbocycles. The molecule has 1 aliphatic rings. The van der Waals surface area contributed by atoms with Crippen molar-refractivity contribution in [2.45, 2.75) is 18.4 Å². The molecule has 3 heterocycles. The maximum Gasteiger partial charge on any atom is 0.487 e. The van der Waals surface area contributed by atoms with E-state index in [1.54, 1.807) is 12.3 Å². The standard InChI is InChI=1S/C21H19ClF2N4O2/c22-21(23,24)30-16-7-5-15(6-8-16)27-20(29)14-12-17(18-4-3-9-25-18)19(26-13-14)28-10-1-2-11-28/h3-9,12-13,25H,1-2,10-11H2,(H,27,29). The topological polar surface area (TPSA) is 70.2 Å². The van der Waals surface area contributed by atoms with Gasteiger partial charge in [-0.25, -0.2) is 4.98 Å². The first-order valence-electron chi connectivity index (χ1n) is 9.45. The number of anilines is 2. The predicted molar refractivity (Wildman–Crippen MR) is 111 cm³/mol. The van der Waals surface area contributed by atoms with E-state index >= 15 is 0 Å². The zero-order valence-electron chi connectivity index (χ0n) is 15.9. The Morgan fingerprint density at radius 3 is 2.57 bits per heavy atom. The van der Waals surface area contributed by atoms with Gasteiger partial charge in [-0.05, 0) is 55.3 Å². The minimum atomic E-state index is -3.79. The smallest absolute Gasteiger partial charge is 0.420 e. The summed E-state index contributed by atoms with van der Waals surface area (Å²) in [5.74, 6) is 0.369. The number of ether oxygens (including phenoxy) is 1. The Kier molecular flexibility index (Phi) is 5.59. The SMILES string of the molecule is O=C(Nc1ccc(OC(F)(F)Cl)cc1)c1cnc(N2CCCC2)c(-c2ccc[nH]2)c1. The van der Waals surface area contributed by atoms with Crippen LogP contribution in [-0.2, 0) is 0 Å². The van der Waals surface area contributed by atoms with Gasteiger partial charge < -0.3 is 19.9 Å². The zero-order valence-corrected chi connectivity index (χ0v) is 16.6. The van der Waals surface area contributed by atoms with E-state index in [1.165, 1.54) is 24.3 Å². The minimum Gasteiger partial charge on any atom is -0.420 e. The average molecular weight is 433 g/mol. The van der Waals surface area contributed by atoms with Crippen LogP contribution < -0.4 is 15.0 Å². The summed E-state index contributed by atoms with van der Waals surface area (Å²) in [7, 11) is 0. The van der Waals surface area contributed by atoms with Crippen molar-refractivity contribution in [3.63, 3.8) is 0 Å². The van der Waals surface area contributed by atoms with Crippen LogP contribution in [0.5, 0.6) is 5.75 Å². The number of carbonyl (C=O) groups excluding carboxylic acids is 1. The van der Waals surface area contributed by atoms with Crippen molar-refractivity contribution in [2.24, 2.45) is 0 Å². The lowest BCUT2D eigenvalue weighted by atomic mass is 10.1. The van der Waals surface area contributed by atoms with Crippen LogP contribution >= 0.6 is 11.6 Å². The van der Waals surface area contributed by atoms with Crippen molar-refractivity contribution in [3.8, 4) is 17.0 Å². The monoisotopic (exact) mass is 432 g/mol. The predicted octanol–water partition coefficient (Wildman–Crippen LogP) is 5.10.